The van der Waals surface area contributed by atoms with Gasteiger partial charge in [0.15, 0.2) is 0 Å². The van der Waals surface area contributed by atoms with Crippen LogP contribution in [0.5, 0.6) is 0 Å². The number of para-hydroxylation sites is 2. The summed E-state index contributed by atoms with van der Waals surface area (Å²) < 4.78 is 2.40. The summed E-state index contributed by atoms with van der Waals surface area (Å²) in [6.07, 6.45) is 7.23. The Kier molecular flexibility index (Phi) is 7.10. The van der Waals surface area contributed by atoms with E-state index < -0.39 is 0 Å². The lowest BCUT2D eigenvalue weighted by molar-refractivity contribution is 1.18. The highest BCUT2D eigenvalue weighted by Crippen LogP contribution is 2.37. The van der Waals surface area contributed by atoms with Crippen molar-refractivity contribution in [2.45, 2.75) is 0 Å². The average Bonchev–Trinajstić information content (AvgIpc) is 3.53. The molecule has 5 aromatic carbocycles. The van der Waals surface area contributed by atoms with Crippen LogP contribution in [0.3, 0.4) is 0 Å². The van der Waals surface area contributed by atoms with Gasteiger partial charge in [-0.3, -0.25) is 9.97 Å². The van der Waals surface area contributed by atoms with E-state index in [9.17, 15) is 0 Å². The Morgan fingerprint density at radius 2 is 0.755 bits per heavy atom. The number of fused-ring (bicyclic) bond motifs is 3. The predicted octanol–water partition coefficient (Wildman–Crippen LogP) is 11.3. The number of benzene rings is 5. The fraction of sp³-hybridized carbons (Fsp3) is 0. The minimum atomic E-state index is 0.905. The minimum absolute atomic E-state index is 0.905. The number of hydrogen-bond donors (Lipinski definition) is 0. The molecule has 0 aliphatic rings. The van der Waals surface area contributed by atoms with Crippen LogP contribution in [-0.2, 0) is 0 Å². The lowest BCUT2D eigenvalue weighted by Crippen LogP contribution is -1.96. The van der Waals surface area contributed by atoms with Crippen molar-refractivity contribution in [2.24, 2.45) is 0 Å². The fourth-order valence-corrected chi connectivity index (χ4v) is 6.80. The standard InChI is InChI=1S/C45H30N4/c1-2-8-31(9-3-1)36-26-37(28-39(27-36)49-44-12-6-4-10-40(44)41-11-5-7-13-45(41)49)32-14-16-33(17-15-32)38-29-42(34-18-22-46-23-19-34)48-43(30-38)35-20-24-47-25-21-35/h1-30H. The second kappa shape index (κ2) is 12.2. The van der Waals surface area contributed by atoms with Gasteiger partial charge in [-0.15, -0.1) is 0 Å². The van der Waals surface area contributed by atoms with Crippen molar-refractivity contribution in [1.82, 2.24) is 19.5 Å². The quantitative estimate of drug-likeness (QED) is 0.184. The summed E-state index contributed by atoms with van der Waals surface area (Å²) in [6.45, 7) is 0. The zero-order chi connectivity index (χ0) is 32.6. The highest BCUT2D eigenvalue weighted by atomic mass is 15.0. The second-order valence-electron chi connectivity index (χ2n) is 12.2. The zero-order valence-electron chi connectivity index (χ0n) is 26.6. The topological polar surface area (TPSA) is 43.6 Å². The minimum Gasteiger partial charge on any atom is -0.309 e. The maximum absolute atomic E-state index is 5.02. The van der Waals surface area contributed by atoms with E-state index in [1.54, 1.807) is 0 Å². The molecule has 0 saturated carbocycles. The number of aromatic nitrogens is 4. The highest BCUT2D eigenvalue weighted by Gasteiger charge is 2.15. The summed E-state index contributed by atoms with van der Waals surface area (Å²) in [5, 5.41) is 2.51. The van der Waals surface area contributed by atoms with Crippen molar-refractivity contribution in [2.75, 3.05) is 0 Å². The van der Waals surface area contributed by atoms with E-state index >= 15 is 0 Å². The third-order valence-corrected chi connectivity index (χ3v) is 9.19. The molecule has 0 aliphatic heterocycles. The molecule has 0 amide bonds. The van der Waals surface area contributed by atoms with Crippen molar-refractivity contribution < 1.29 is 0 Å². The van der Waals surface area contributed by atoms with Crippen LogP contribution in [0.2, 0.25) is 0 Å². The summed E-state index contributed by atoms with van der Waals surface area (Å²) in [7, 11) is 0. The van der Waals surface area contributed by atoms with Crippen LogP contribution in [0.15, 0.2) is 183 Å². The van der Waals surface area contributed by atoms with Gasteiger partial charge in [-0.1, -0.05) is 91.0 Å². The summed E-state index contributed by atoms with van der Waals surface area (Å²) >= 11 is 0. The van der Waals surface area contributed by atoms with Gasteiger partial charge in [0.1, 0.15) is 0 Å². The monoisotopic (exact) mass is 626 g/mol. The summed E-state index contributed by atoms with van der Waals surface area (Å²) in [6, 6.07) is 56.1. The van der Waals surface area contributed by atoms with Crippen LogP contribution in [0, 0.1) is 0 Å². The molecule has 49 heavy (non-hydrogen) atoms. The first-order valence-electron chi connectivity index (χ1n) is 16.4. The van der Waals surface area contributed by atoms with E-state index in [0.29, 0.717) is 0 Å². The highest BCUT2D eigenvalue weighted by molar-refractivity contribution is 6.09. The molecular weight excluding hydrogens is 597 g/mol. The summed E-state index contributed by atoms with van der Waals surface area (Å²) in [4.78, 5) is 13.4. The van der Waals surface area contributed by atoms with Crippen LogP contribution in [0.1, 0.15) is 0 Å². The van der Waals surface area contributed by atoms with Gasteiger partial charge in [-0.25, -0.2) is 4.98 Å². The third kappa shape index (κ3) is 5.35. The predicted molar refractivity (Wildman–Crippen MR) is 201 cm³/mol. The molecule has 230 valence electrons. The lowest BCUT2D eigenvalue weighted by atomic mass is 9.95. The van der Waals surface area contributed by atoms with Gasteiger partial charge in [0, 0.05) is 52.4 Å². The Labute approximate surface area is 284 Å². The Hall–Kier alpha value is -6.65. The number of hydrogen-bond acceptors (Lipinski definition) is 3. The molecule has 0 atom stereocenters. The molecule has 0 N–H and O–H groups in total. The Morgan fingerprint density at radius 1 is 0.327 bits per heavy atom. The van der Waals surface area contributed by atoms with E-state index in [4.69, 9.17) is 4.98 Å². The van der Waals surface area contributed by atoms with Gasteiger partial charge in [0.05, 0.1) is 22.4 Å². The molecule has 9 rings (SSSR count). The normalized spacial score (nSPS) is 11.3. The SMILES string of the molecule is c1ccc(-c2cc(-c3ccc(-c4cc(-c5ccncc5)nc(-c5ccncc5)c4)cc3)cc(-n3c4ccccc4c4ccccc43)c2)cc1. The number of pyridine rings is 3. The molecule has 0 fully saturated rings. The van der Waals surface area contributed by atoms with Crippen LogP contribution in [0.25, 0.3) is 83.4 Å². The smallest absolute Gasteiger partial charge is 0.0716 e. The van der Waals surface area contributed by atoms with E-state index in [1.807, 2.05) is 49.1 Å². The number of nitrogens with zero attached hydrogens (tertiary/aromatic N) is 4. The van der Waals surface area contributed by atoms with E-state index in [0.717, 1.165) is 50.5 Å². The van der Waals surface area contributed by atoms with Gasteiger partial charge < -0.3 is 4.57 Å². The molecule has 4 aromatic heterocycles. The van der Waals surface area contributed by atoms with Gasteiger partial charge in [0.25, 0.3) is 0 Å². The Morgan fingerprint density at radius 3 is 1.27 bits per heavy atom. The molecular formula is C45H30N4. The Bertz CT molecular complexity index is 2460. The first kappa shape index (κ1) is 28.6. The largest absolute Gasteiger partial charge is 0.309 e. The molecule has 9 aromatic rings. The van der Waals surface area contributed by atoms with Crippen LogP contribution >= 0.6 is 0 Å². The molecule has 0 radical (unpaired) electrons. The average molecular weight is 627 g/mol. The van der Waals surface area contributed by atoms with Crippen molar-refractivity contribution in [3.63, 3.8) is 0 Å². The molecule has 0 aliphatic carbocycles. The van der Waals surface area contributed by atoms with Gasteiger partial charge in [0.2, 0.25) is 0 Å². The van der Waals surface area contributed by atoms with E-state index in [2.05, 4.69) is 148 Å². The van der Waals surface area contributed by atoms with Gasteiger partial charge >= 0.3 is 0 Å². The molecule has 4 heteroatoms. The lowest BCUT2D eigenvalue weighted by Gasteiger charge is -2.14. The van der Waals surface area contributed by atoms with Crippen LogP contribution in [0.4, 0.5) is 0 Å². The van der Waals surface area contributed by atoms with Gasteiger partial charge in [-0.05, 0) is 100 Å². The van der Waals surface area contributed by atoms with E-state index in [1.165, 1.54) is 32.9 Å². The molecule has 0 saturated heterocycles. The Balaban J connectivity index is 1.18. The summed E-state index contributed by atoms with van der Waals surface area (Å²) in [5.41, 5.74) is 14.3. The summed E-state index contributed by atoms with van der Waals surface area (Å²) in [5.74, 6) is 0. The molecule has 0 spiro atoms. The third-order valence-electron chi connectivity index (χ3n) is 9.19. The first-order valence-corrected chi connectivity index (χ1v) is 16.4. The maximum atomic E-state index is 5.02. The molecule has 0 bridgehead atoms. The van der Waals surface area contributed by atoms with Gasteiger partial charge in [-0.2, -0.15) is 0 Å². The van der Waals surface area contributed by atoms with Crippen molar-refractivity contribution in [3.05, 3.63) is 183 Å². The second-order valence-corrected chi connectivity index (χ2v) is 12.2. The number of rotatable bonds is 6. The van der Waals surface area contributed by atoms with Crippen LogP contribution in [-0.4, -0.2) is 19.5 Å². The molecule has 4 heterocycles. The van der Waals surface area contributed by atoms with Crippen molar-refractivity contribution >= 4 is 21.8 Å². The molecule has 4 nitrogen and oxygen atoms in total. The van der Waals surface area contributed by atoms with Crippen molar-refractivity contribution in [1.29, 1.82) is 0 Å². The van der Waals surface area contributed by atoms with E-state index in [-0.39, 0.29) is 0 Å². The van der Waals surface area contributed by atoms with Crippen LogP contribution < -0.4 is 0 Å². The zero-order valence-corrected chi connectivity index (χ0v) is 26.6. The first-order chi connectivity index (χ1) is 24.3. The maximum Gasteiger partial charge on any atom is 0.0716 e. The van der Waals surface area contributed by atoms with Crippen molar-refractivity contribution in [3.8, 4) is 61.6 Å². The molecule has 0 unspecified atom stereocenters. The fourth-order valence-electron chi connectivity index (χ4n) is 6.80.